The second kappa shape index (κ2) is 8.14. The average Bonchev–Trinajstić information content (AvgIpc) is 3.27. The van der Waals surface area contributed by atoms with E-state index >= 15 is 0 Å². The summed E-state index contributed by atoms with van der Waals surface area (Å²) in [7, 11) is 0. The maximum atomic E-state index is 11.9. The minimum atomic E-state index is -0.562. The molecule has 0 saturated carbocycles. The molecule has 1 atom stereocenters. The van der Waals surface area contributed by atoms with Gasteiger partial charge in [0, 0.05) is 22.9 Å². The van der Waals surface area contributed by atoms with E-state index in [4.69, 9.17) is 9.15 Å². The number of ether oxygens (including phenoxy) is 1. The lowest BCUT2D eigenvalue weighted by molar-refractivity contribution is -0.154. The van der Waals surface area contributed by atoms with Crippen LogP contribution in [0, 0.1) is 0 Å². The molecular formula is C21H22BrN5O3. The van der Waals surface area contributed by atoms with E-state index in [1.807, 2.05) is 0 Å². The third kappa shape index (κ3) is 5.02. The monoisotopic (exact) mass is 471 g/mol. The Kier molecular flexibility index (Phi) is 5.55. The van der Waals surface area contributed by atoms with Crippen molar-refractivity contribution >= 4 is 27.8 Å². The summed E-state index contributed by atoms with van der Waals surface area (Å²) in [6.07, 6.45) is 5.03. The van der Waals surface area contributed by atoms with Crippen LogP contribution in [0.15, 0.2) is 39.5 Å². The zero-order valence-corrected chi connectivity index (χ0v) is 18.6. The Balaban J connectivity index is 1.36. The summed E-state index contributed by atoms with van der Waals surface area (Å²) in [5.41, 5.74) is 2.70. The van der Waals surface area contributed by atoms with E-state index in [1.54, 1.807) is 33.2 Å². The Morgan fingerprint density at radius 3 is 2.67 bits per heavy atom. The Bertz CT molecular complexity index is 1060. The molecule has 0 fully saturated rings. The number of nitrogens with zero attached hydrogens (tertiary/aromatic N) is 4. The van der Waals surface area contributed by atoms with Gasteiger partial charge >= 0.3 is 5.97 Å². The summed E-state index contributed by atoms with van der Waals surface area (Å²) < 4.78 is 11.9. The molecule has 156 valence electrons. The predicted molar refractivity (Wildman–Crippen MR) is 114 cm³/mol. The van der Waals surface area contributed by atoms with Crippen LogP contribution in [0.2, 0.25) is 0 Å². The number of carbonyl (C=O) groups excluding carboxylic acids is 1. The molecule has 30 heavy (non-hydrogen) atoms. The first-order valence-corrected chi connectivity index (χ1v) is 10.4. The van der Waals surface area contributed by atoms with Gasteiger partial charge in [-0.3, -0.25) is 4.79 Å². The van der Waals surface area contributed by atoms with Crippen molar-refractivity contribution in [2.45, 2.75) is 51.7 Å². The number of fused-ring (bicyclic) bond motifs is 1. The molecule has 8 nitrogen and oxygen atoms in total. The number of hydrogen-bond donors (Lipinski definition) is 1. The van der Waals surface area contributed by atoms with Gasteiger partial charge in [0.1, 0.15) is 12.0 Å². The smallest absolute Gasteiger partial charge is 0.315 e. The van der Waals surface area contributed by atoms with Crippen LogP contribution in [0.4, 0.5) is 5.95 Å². The standard InChI is InChI=1S/C21H22BrN5O3/c1-21(2,3)30-18(28)9-17-26-27-19(29-17)14-10-23-20(24-11-14)25-16-7-12-4-5-15(22)6-13(12)8-16/h4-6,10-11,16H,7-9H2,1-3H3,(H,23,24,25). The second-order valence-electron chi connectivity index (χ2n) is 8.22. The predicted octanol–water partition coefficient (Wildman–Crippen LogP) is 3.75. The third-order valence-electron chi connectivity index (χ3n) is 4.52. The Morgan fingerprint density at radius 2 is 1.93 bits per heavy atom. The maximum absolute atomic E-state index is 11.9. The minimum Gasteiger partial charge on any atom is -0.460 e. The first-order chi connectivity index (χ1) is 14.2. The van der Waals surface area contributed by atoms with Crippen molar-refractivity contribution in [1.82, 2.24) is 20.2 Å². The molecule has 1 aliphatic rings. The fourth-order valence-corrected chi connectivity index (χ4v) is 3.74. The van der Waals surface area contributed by atoms with Crippen molar-refractivity contribution in [3.05, 3.63) is 52.1 Å². The zero-order valence-electron chi connectivity index (χ0n) is 17.0. The van der Waals surface area contributed by atoms with Gasteiger partial charge in [0.05, 0.1) is 5.56 Å². The summed E-state index contributed by atoms with van der Waals surface area (Å²) >= 11 is 3.52. The van der Waals surface area contributed by atoms with Gasteiger partial charge in [0.2, 0.25) is 11.8 Å². The van der Waals surface area contributed by atoms with Crippen molar-refractivity contribution in [1.29, 1.82) is 0 Å². The average molecular weight is 472 g/mol. The van der Waals surface area contributed by atoms with Crippen molar-refractivity contribution in [3.63, 3.8) is 0 Å². The molecule has 1 aromatic carbocycles. The van der Waals surface area contributed by atoms with Gasteiger partial charge in [-0.1, -0.05) is 22.0 Å². The highest BCUT2D eigenvalue weighted by molar-refractivity contribution is 9.10. The van der Waals surface area contributed by atoms with Crippen LogP contribution in [-0.4, -0.2) is 37.8 Å². The van der Waals surface area contributed by atoms with E-state index in [0.29, 0.717) is 11.5 Å². The van der Waals surface area contributed by atoms with Crippen LogP contribution in [0.5, 0.6) is 0 Å². The van der Waals surface area contributed by atoms with E-state index in [2.05, 4.69) is 59.6 Å². The van der Waals surface area contributed by atoms with E-state index in [0.717, 1.165) is 17.3 Å². The molecule has 0 bridgehead atoms. The molecule has 4 rings (SSSR count). The Morgan fingerprint density at radius 1 is 1.20 bits per heavy atom. The lowest BCUT2D eigenvalue weighted by Gasteiger charge is -2.18. The van der Waals surface area contributed by atoms with Crippen molar-refractivity contribution in [2.75, 3.05) is 5.32 Å². The number of nitrogens with one attached hydrogen (secondary N) is 1. The third-order valence-corrected chi connectivity index (χ3v) is 5.01. The Hall–Kier alpha value is -2.81. The molecule has 0 amide bonds. The molecule has 3 aromatic rings. The second-order valence-corrected chi connectivity index (χ2v) is 9.14. The first-order valence-electron chi connectivity index (χ1n) is 9.66. The number of anilines is 1. The number of halogens is 1. The lowest BCUT2D eigenvalue weighted by atomic mass is 10.1. The molecule has 9 heteroatoms. The van der Waals surface area contributed by atoms with Gasteiger partial charge in [0.25, 0.3) is 5.89 Å². The molecule has 1 unspecified atom stereocenters. The van der Waals surface area contributed by atoms with Crippen LogP contribution in [0.1, 0.15) is 37.8 Å². The molecule has 0 spiro atoms. The summed E-state index contributed by atoms with van der Waals surface area (Å²) in [6, 6.07) is 6.62. The van der Waals surface area contributed by atoms with Gasteiger partial charge < -0.3 is 14.5 Å². The van der Waals surface area contributed by atoms with Crippen molar-refractivity contribution in [3.8, 4) is 11.5 Å². The van der Waals surface area contributed by atoms with Crippen molar-refractivity contribution < 1.29 is 13.9 Å². The van der Waals surface area contributed by atoms with E-state index in [1.165, 1.54) is 11.1 Å². The maximum Gasteiger partial charge on any atom is 0.315 e. The lowest BCUT2D eigenvalue weighted by Crippen LogP contribution is -2.24. The highest BCUT2D eigenvalue weighted by Crippen LogP contribution is 2.27. The minimum absolute atomic E-state index is 0.0802. The molecule has 2 heterocycles. The first kappa shape index (κ1) is 20.5. The van der Waals surface area contributed by atoms with Crippen LogP contribution in [-0.2, 0) is 28.8 Å². The number of benzene rings is 1. The van der Waals surface area contributed by atoms with Crippen LogP contribution in [0.25, 0.3) is 11.5 Å². The number of esters is 1. The topological polar surface area (TPSA) is 103 Å². The molecule has 1 N–H and O–H groups in total. The molecule has 1 aliphatic carbocycles. The van der Waals surface area contributed by atoms with Gasteiger partial charge in [-0.2, -0.15) is 0 Å². The van der Waals surface area contributed by atoms with Gasteiger partial charge in [0.15, 0.2) is 0 Å². The SMILES string of the molecule is CC(C)(C)OC(=O)Cc1nnc(-c2cnc(NC3Cc4ccc(Br)cc4C3)nc2)o1. The number of carbonyl (C=O) groups is 1. The largest absolute Gasteiger partial charge is 0.460 e. The highest BCUT2D eigenvalue weighted by atomic mass is 79.9. The number of rotatable bonds is 5. The van der Waals surface area contributed by atoms with Gasteiger partial charge in [-0.25, -0.2) is 9.97 Å². The van der Waals surface area contributed by atoms with Crippen LogP contribution < -0.4 is 5.32 Å². The quantitative estimate of drug-likeness (QED) is 0.561. The van der Waals surface area contributed by atoms with Gasteiger partial charge in [-0.15, -0.1) is 10.2 Å². The van der Waals surface area contributed by atoms with Gasteiger partial charge in [-0.05, 0) is 56.9 Å². The number of hydrogen-bond acceptors (Lipinski definition) is 8. The molecular weight excluding hydrogens is 450 g/mol. The van der Waals surface area contributed by atoms with Crippen LogP contribution >= 0.6 is 15.9 Å². The molecule has 0 radical (unpaired) electrons. The Labute approximate surface area is 182 Å². The summed E-state index contributed by atoms with van der Waals surface area (Å²) in [4.78, 5) is 20.6. The fraction of sp³-hybridized carbons (Fsp3) is 0.381. The van der Waals surface area contributed by atoms with Crippen molar-refractivity contribution in [2.24, 2.45) is 0 Å². The van der Waals surface area contributed by atoms with E-state index in [-0.39, 0.29) is 24.2 Å². The molecule has 2 aromatic heterocycles. The molecule has 0 saturated heterocycles. The van der Waals surface area contributed by atoms with E-state index in [9.17, 15) is 4.79 Å². The fourth-order valence-electron chi connectivity index (χ4n) is 3.33. The normalized spacial score (nSPS) is 15.7. The highest BCUT2D eigenvalue weighted by Gasteiger charge is 2.23. The number of aromatic nitrogens is 4. The summed E-state index contributed by atoms with van der Waals surface area (Å²) in [5, 5.41) is 11.3. The zero-order chi connectivity index (χ0) is 21.3. The van der Waals surface area contributed by atoms with Crippen LogP contribution in [0.3, 0.4) is 0 Å². The molecule has 0 aliphatic heterocycles. The summed E-state index contributed by atoms with van der Waals surface area (Å²) in [6.45, 7) is 5.42. The van der Waals surface area contributed by atoms with E-state index < -0.39 is 11.6 Å². The summed E-state index contributed by atoms with van der Waals surface area (Å²) in [5.74, 6) is 0.580.